The summed E-state index contributed by atoms with van der Waals surface area (Å²) < 4.78 is 7.60. The molecule has 0 radical (unpaired) electrons. The van der Waals surface area contributed by atoms with Crippen LogP contribution >= 0.6 is 0 Å². The molecule has 0 aliphatic carbocycles. The predicted octanol–water partition coefficient (Wildman–Crippen LogP) is 3.83. The van der Waals surface area contributed by atoms with Crippen LogP contribution in [-0.2, 0) is 0 Å². The Balaban J connectivity index is 1.49. The Labute approximate surface area is 174 Å². The summed E-state index contributed by atoms with van der Waals surface area (Å²) in [6, 6.07) is 18.7. The van der Waals surface area contributed by atoms with E-state index >= 15 is 0 Å². The van der Waals surface area contributed by atoms with Gasteiger partial charge in [0.25, 0.3) is 0 Å². The highest BCUT2D eigenvalue weighted by molar-refractivity contribution is 5.84. The van der Waals surface area contributed by atoms with Gasteiger partial charge in [0.05, 0.1) is 17.6 Å². The van der Waals surface area contributed by atoms with E-state index in [1.807, 2.05) is 59.3 Å². The zero-order chi connectivity index (χ0) is 20.7. The molecule has 6 heteroatoms. The standard InChI is InChI=1S/C24H24N4O2/c1-16-12-27(13-17(2)26-16)20-9-8-18-10-21(24(29)30-23(18)11-20)22-14-28(15-25-22)19-6-4-3-5-7-19/h3-11,14-17,26H,12-13H2,1-2H3. The third-order valence-corrected chi connectivity index (χ3v) is 5.56. The van der Waals surface area contributed by atoms with E-state index in [0.29, 0.717) is 28.9 Å². The quantitative estimate of drug-likeness (QED) is 0.530. The fraction of sp³-hybridized carbons (Fsp3) is 0.250. The smallest absolute Gasteiger partial charge is 0.345 e. The maximum atomic E-state index is 12.7. The van der Waals surface area contributed by atoms with Gasteiger partial charge in [-0.05, 0) is 44.2 Å². The molecule has 0 bridgehead atoms. The molecule has 0 saturated carbocycles. The first kappa shape index (κ1) is 18.6. The average Bonchev–Trinajstić information content (AvgIpc) is 3.23. The molecule has 4 aromatic rings. The monoisotopic (exact) mass is 400 g/mol. The second kappa shape index (κ2) is 7.46. The van der Waals surface area contributed by atoms with E-state index in [1.165, 1.54) is 0 Å². The molecule has 1 saturated heterocycles. The van der Waals surface area contributed by atoms with Crippen LogP contribution in [0.25, 0.3) is 27.9 Å². The van der Waals surface area contributed by atoms with Gasteiger partial charge < -0.3 is 19.2 Å². The normalized spacial score (nSPS) is 19.3. The molecule has 3 heterocycles. The molecule has 2 aromatic carbocycles. The summed E-state index contributed by atoms with van der Waals surface area (Å²) in [5, 5.41) is 4.43. The molecule has 2 aromatic heterocycles. The predicted molar refractivity (Wildman–Crippen MR) is 119 cm³/mol. The lowest BCUT2D eigenvalue weighted by atomic mass is 10.1. The van der Waals surface area contributed by atoms with Crippen LogP contribution in [0.3, 0.4) is 0 Å². The topological polar surface area (TPSA) is 63.3 Å². The highest BCUT2D eigenvalue weighted by Crippen LogP contribution is 2.26. The number of hydrogen-bond acceptors (Lipinski definition) is 5. The minimum Gasteiger partial charge on any atom is -0.422 e. The molecule has 0 spiro atoms. The maximum absolute atomic E-state index is 12.7. The summed E-state index contributed by atoms with van der Waals surface area (Å²) in [5.41, 5.74) is 3.36. The number of anilines is 1. The minimum atomic E-state index is -0.375. The molecule has 1 fully saturated rings. The van der Waals surface area contributed by atoms with Gasteiger partial charge in [-0.3, -0.25) is 0 Å². The number of piperazine rings is 1. The summed E-state index contributed by atoms with van der Waals surface area (Å²) in [6.07, 6.45) is 3.56. The fourth-order valence-corrected chi connectivity index (χ4v) is 4.22. The Bertz CT molecular complexity index is 1240. The molecule has 0 amide bonds. The number of benzene rings is 2. The van der Waals surface area contributed by atoms with Gasteiger partial charge in [-0.15, -0.1) is 0 Å². The van der Waals surface area contributed by atoms with Crippen LogP contribution in [0.4, 0.5) is 5.69 Å². The van der Waals surface area contributed by atoms with Gasteiger partial charge in [-0.1, -0.05) is 18.2 Å². The van der Waals surface area contributed by atoms with Crippen molar-refractivity contribution in [2.75, 3.05) is 18.0 Å². The van der Waals surface area contributed by atoms with Gasteiger partial charge in [0, 0.05) is 54.2 Å². The molecule has 2 atom stereocenters. The Hall–Kier alpha value is -3.38. The van der Waals surface area contributed by atoms with Gasteiger partial charge in [-0.2, -0.15) is 0 Å². The number of nitrogens with one attached hydrogen (secondary N) is 1. The number of para-hydroxylation sites is 1. The van der Waals surface area contributed by atoms with E-state index in [1.54, 1.807) is 6.33 Å². The van der Waals surface area contributed by atoms with Crippen molar-refractivity contribution < 1.29 is 4.42 Å². The van der Waals surface area contributed by atoms with Crippen LogP contribution in [-0.4, -0.2) is 34.7 Å². The summed E-state index contributed by atoms with van der Waals surface area (Å²) >= 11 is 0. The SMILES string of the molecule is CC1CN(c2ccc3cc(-c4cn(-c5ccccc5)cn4)c(=O)oc3c2)CC(C)N1. The summed E-state index contributed by atoms with van der Waals surface area (Å²) in [6.45, 7) is 6.22. The zero-order valence-corrected chi connectivity index (χ0v) is 17.1. The van der Waals surface area contributed by atoms with Crippen LogP contribution in [0.15, 0.2) is 76.3 Å². The molecule has 2 unspecified atom stereocenters. The fourth-order valence-electron chi connectivity index (χ4n) is 4.22. The van der Waals surface area contributed by atoms with Crippen LogP contribution in [0.1, 0.15) is 13.8 Å². The lowest BCUT2D eigenvalue weighted by molar-refractivity contribution is 0.407. The van der Waals surface area contributed by atoms with E-state index in [0.717, 1.165) is 29.9 Å². The maximum Gasteiger partial charge on any atom is 0.345 e. The largest absolute Gasteiger partial charge is 0.422 e. The molecule has 1 N–H and O–H groups in total. The van der Waals surface area contributed by atoms with E-state index in [2.05, 4.69) is 35.1 Å². The van der Waals surface area contributed by atoms with Crippen molar-refractivity contribution in [3.05, 3.63) is 77.5 Å². The molecule has 152 valence electrons. The molecule has 6 nitrogen and oxygen atoms in total. The number of nitrogens with zero attached hydrogens (tertiary/aromatic N) is 3. The van der Waals surface area contributed by atoms with Crippen LogP contribution in [0.5, 0.6) is 0 Å². The number of fused-ring (bicyclic) bond motifs is 1. The Kier molecular flexibility index (Phi) is 4.64. The second-order valence-electron chi connectivity index (χ2n) is 8.05. The van der Waals surface area contributed by atoms with Gasteiger partial charge >= 0.3 is 5.63 Å². The van der Waals surface area contributed by atoms with Crippen molar-refractivity contribution in [3.8, 4) is 16.9 Å². The van der Waals surface area contributed by atoms with Gasteiger partial charge in [0.2, 0.25) is 0 Å². The first-order chi connectivity index (χ1) is 14.6. The van der Waals surface area contributed by atoms with Gasteiger partial charge in [0.1, 0.15) is 5.58 Å². The first-order valence-corrected chi connectivity index (χ1v) is 10.3. The zero-order valence-electron chi connectivity index (χ0n) is 17.1. The molecular formula is C24H24N4O2. The number of rotatable bonds is 3. The number of hydrogen-bond donors (Lipinski definition) is 1. The second-order valence-corrected chi connectivity index (χ2v) is 8.05. The van der Waals surface area contributed by atoms with E-state index in [4.69, 9.17) is 4.42 Å². The van der Waals surface area contributed by atoms with Crippen LogP contribution in [0.2, 0.25) is 0 Å². The van der Waals surface area contributed by atoms with Gasteiger partial charge in [-0.25, -0.2) is 9.78 Å². The van der Waals surface area contributed by atoms with E-state index < -0.39 is 0 Å². The lowest BCUT2D eigenvalue weighted by Gasteiger charge is -2.37. The van der Waals surface area contributed by atoms with Crippen molar-refractivity contribution in [1.82, 2.24) is 14.9 Å². The molecule has 1 aliphatic heterocycles. The van der Waals surface area contributed by atoms with Crippen LogP contribution in [0, 0.1) is 0 Å². The van der Waals surface area contributed by atoms with Crippen molar-refractivity contribution in [2.45, 2.75) is 25.9 Å². The Morgan fingerprint density at radius 1 is 1.00 bits per heavy atom. The van der Waals surface area contributed by atoms with E-state index in [-0.39, 0.29) is 5.63 Å². The van der Waals surface area contributed by atoms with E-state index in [9.17, 15) is 4.79 Å². The Morgan fingerprint density at radius 3 is 2.53 bits per heavy atom. The lowest BCUT2D eigenvalue weighted by Crippen LogP contribution is -2.54. The average molecular weight is 400 g/mol. The van der Waals surface area contributed by atoms with Crippen molar-refractivity contribution >= 4 is 16.7 Å². The minimum absolute atomic E-state index is 0.375. The Morgan fingerprint density at radius 2 is 1.77 bits per heavy atom. The molecule has 5 rings (SSSR count). The van der Waals surface area contributed by atoms with Crippen LogP contribution < -0.4 is 15.8 Å². The van der Waals surface area contributed by atoms with Crippen molar-refractivity contribution in [3.63, 3.8) is 0 Å². The third kappa shape index (κ3) is 3.50. The molecular weight excluding hydrogens is 376 g/mol. The summed E-state index contributed by atoms with van der Waals surface area (Å²) in [5.74, 6) is 0. The summed E-state index contributed by atoms with van der Waals surface area (Å²) in [7, 11) is 0. The highest BCUT2D eigenvalue weighted by Gasteiger charge is 2.21. The molecule has 30 heavy (non-hydrogen) atoms. The number of aromatic nitrogens is 2. The number of imidazole rings is 1. The molecule has 1 aliphatic rings. The summed E-state index contributed by atoms with van der Waals surface area (Å²) in [4.78, 5) is 19.5. The highest BCUT2D eigenvalue weighted by atomic mass is 16.4. The first-order valence-electron chi connectivity index (χ1n) is 10.3. The van der Waals surface area contributed by atoms with Gasteiger partial charge in [0.15, 0.2) is 0 Å². The third-order valence-electron chi connectivity index (χ3n) is 5.56. The van der Waals surface area contributed by atoms with Crippen molar-refractivity contribution in [1.29, 1.82) is 0 Å². The van der Waals surface area contributed by atoms with Crippen molar-refractivity contribution in [2.24, 2.45) is 0 Å².